The number of nitrogens with zero attached hydrogens (tertiary/aromatic N) is 4. The highest BCUT2D eigenvalue weighted by molar-refractivity contribution is 5.95. The number of carbonyl (C=O) groups is 1. The third-order valence-corrected chi connectivity index (χ3v) is 7.37. The van der Waals surface area contributed by atoms with E-state index in [1.807, 2.05) is 33.8 Å². The van der Waals surface area contributed by atoms with Gasteiger partial charge in [-0.15, -0.1) is 0 Å². The van der Waals surface area contributed by atoms with E-state index in [1.54, 1.807) is 28.7 Å². The molecule has 0 unspecified atom stereocenters. The first-order valence-corrected chi connectivity index (χ1v) is 13.4. The maximum atomic E-state index is 14.0. The number of imidazole rings is 1. The van der Waals surface area contributed by atoms with E-state index < -0.39 is 22.8 Å². The van der Waals surface area contributed by atoms with Crippen molar-refractivity contribution in [2.24, 2.45) is 0 Å². The van der Waals surface area contributed by atoms with E-state index in [4.69, 9.17) is 19.2 Å². The molecule has 2 aromatic carbocycles. The summed E-state index contributed by atoms with van der Waals surface area (Å²) in [4.78, 5) is 20.4. The first kappa shape index (κ1) is 28.5. The number of amides is 1. The van der Waals surface area contributed by atoms with Crippen LogP contribution in [0.2, 0.25) is 0 Å². The minimum absolute atomic E-state index is 0.132. The normalized spacial score (nSPS) is 16.1. The van der Waals surface area contributed by atoms with Crippen LogP contribution < -0.4 is 9.47 Å². The van der Waals surface area contributed by atoms with Crippen molar-refractivity contribution in [2.45, 2.75) is 58.4 Å². The van der Waals surface area contributed by atoms with Gasteiger partial charge < -0.3 is 19.1 Å². The molecule has 1 saturated heterocycles. The molecule has 1 amide bonds. The van der Waals surface area contributed by atoms with E-state index in [0.29, 0.717) is 55.5 Å². The molecule has 2 aliphatic rings. The van der Waals surface area contributed by atoms with Gasteiger partial charge in [0, 0.05) is 18.2 Å². The molecule has 1 fully saturated rings. The van der Waals surface area contributed by atoms with E-state index in [9.17, 15) is 23.2 Å². The van der Waals surface area contributed by atoms with Gasteiger partial charge in [0.1, 0.15) is 5.82 Å². The van der Waals surface area contributed by atoms with Crippen LogP contribution in [-0.2, 0) is 23.8 Å². The lowest BCUT2D eigenvalue weighted by Gasteiger charge is -2.41. The van der Waals surface area contributed by atoms with Crippen LogP contribution >= 0.6 is 0 Å². The van der Waals surface area contributed by atoms with Gasteiger partial charge in [0.05, 0.1) is 60.5 Å². The number of morpholine rings is 1. The summed E-state index contributed by atoms with van der Waals surface area (Å²) < 4.78 is 60.7. The topological polar surface area (TPSA) is 89.6 Å². The molecule has 2 aliphatic heterocycles. The molecule has 0 saturated carbocycles. The van der Waals surface area contributed by atoms with Gasteiger partial charge in [-0.25, -0.2) is 4.98 Å². The predicted molar refractivity (Wildman–Crippen MR) is 144 cm³/mol. The van der Waals surface area contributed by atoms with Gasteiger partial charge in [-0.2, -0.15) is 18.4 Å². The zero-order valence-electron chi connectivity index (χ0n) is 23.6. The molecule has 11 heteroatoms. The SMILES string of the molecule is COc1cc2c(cc1OC(C)C)-n1c(-c3ccc(C#N)c(C(F)(F)F)c3)nc(C(=O)N3CCOCC3(C)C)c1CC2. The quantitative estimate of drug-likeness (QED) is 0.400. The van der Waals surface area contributed by atoms with Crippen LogP contribution in [0.5, 0.6) is 11.5 Å². The molecule has 216 valence electrons. The van der Waals surface area contributed by atoms with Crippen molar-refractivity contribution >= 4 is 5.91 Å². The van der Waals surface area contributed by atoms with Crippen molar-refractivity contribution < 1.29 is 32.2 Å². The lowest BCUT2D eigenvalue weighted by Crippen LogP contribution is -2.55. The summed E-state index contributed by atoms with van der Waals surface area (Å²) in [7, 11) is 1.54. The van der Waals surface area contributed by atoms with Crippen LogP contribution in [-0.4, -0.2) is 58.9 Å². The number of aryl methyl sites for hydroxylation is 1. The van der Waals surface area contributed by atoms with Crippen molar-refractivity contribution in [3.63, 3.8) is 0 Å². The number of nitriles is 1. The summed E-state index contributed by atoms with van der Waals surface area (Å²) in [6.07, 6.45) is -3.92. The van der Waals surface area contributed by atoms with E-state index >= 15 is 0 Å². The molecule has 41 heavy (non-hydrogen) atoms. The number of benzene rings is 2. The fraction of sp³-hybridized carbons (Fsp3) is 0.433. The molecular weight excluding hydrogens is 537 g/mol. The molecule has 0 atom stereocenters. The van der Waals surface area contributed by atoms with Crippen LogP contribution in [0.25, 0.3) is 17.1 Å². The number of hydrogen-bond acceptors (Lipinski definition) is 6. The lowest BCUT2D eigenvalue weighted by molar-refractivity contribution is -0.137. The first-order valence-electron chi connectivity index (χ1n) is 13.4. The second-order valence-electron chi connectivity index (χ2n) is 11.1. The van der Waals surface area contributed by atoms with Gasteiger partial charge in [-0.3, -0.25) is 9.36 Å². The average molecular weight is 569 g/mol. The number of alkyl halides is 3. The number of methoxy groups -OCH3 is 1. The molecule has 5 rings (SSSR count). The summed E-state index contributed by atoms with van der Waals surface area (Å²) in [5, 5.41) is 9.33. The molecule has 0 aliphatic carbocycles. The first-order chi connectivity index (χ1) is 19.4. The monoisotopic (exact) mass is 568 g/mol. The molecule has 3 heterocycles. The number of fused-ring (bicyclic) bond motifs is 3. The third kappa shape index (κ3) is 5.12. The van der Waals surface area contributed by atoms with Gasteiger partial charge in [0.25, 0.3) is 5.91 Å². The minimum Gasteiger partial charge on any atom is -0.493 e. The number of ether oxygens (including phenoxy) is 3. The highest BCUT2D eigenvalue weighted by atomic mass is 19.4. The third-order valence-electron chi connectivity index (χ3n) is 7.37. The molecule has 0 bridgehead atoms. The zero-order valence-corrected chi connectivity index (χ0v) is 23.6. The number of halogens is 3. The highest BCUT2D eigenvalue weighted by Crippen LogP contribution is 2.41. The largest absolute Gasteiger partial charge is 0.493 e. The van der Waals surface area contributed by atoms with Gasteiger partial charge in [0.2, 0.25) is 0 Å². The average Bonchev–Trinajstić information content (AvgIpc) is 3.31. The lowest BCUT2D eigenvalue weighted by atomic mass is 9.97. The number of aromatic nitrogens is 2. The van der Waals surface area contributed by atoms with Gasteiger partial charge in [-0.05, 0) is 70.4 Å². The van der Waals surface area contributed by atoms with E-state index in [0.717, 1.165) is 17.7 Å². The van der Waals surface area contributed by atoms with Crippen LogP contribution in [0.3, 0.4) is 0 Å². The standard InChI is InChI=1S/C30H31F3N4O4/c1-17(2)41-25-14-23-18(13-24(25)39-5)8-9-22-26(28(38)36-10-11-40-16-29(36,3)4)35-27(37(22)23)19-6-7-20(15-34)21(12-19)30(31,32)33/h6-7,12-14,17H,8-11,16H2,1-5H3. The van der Waals surface area contributed by atoms with Crippen molar-refractivity contribution in [2.75, 3.05) is 26.9 Å². The number of rotatable bonds is 5. The van der Waals surface area contributed by atoms with Gasteiger partial charge >= 0.3 is 6.18 Å². The Morgan fingerprint density at radius 1 is 1.17 bits per heavy atom. The fourth-order valence-electron chi connectivity index (χ4n) is 5.45. The van der Waals surface area contributed by atoms with Crippen molar-refractivity contribution in [1.82, 2.24) is 14.5 Å². The summed E-state index contributed by atoms with van der Waals surface area (Å²) in [6.45, 7) is 8.66. The summed E-state index contributed by atoms with van der Waals surface area (Å²) in [6, 6.07) is 8.74. The van der Waals surface area contributed by atoms with Gasteiger partial charge in [-0.1, -0.05) is 0 Å². The summed E-state index contributed by atoms with van der Waals surface area (Å²) >= 11 is 0. The number of carbonyl (C=O) groups excluding carboxylic acids is 1. The fourth-order valence-corrected chi connectivity index (χ4v) is 5.45. The molecule has 0 N–H and O–H groups in total. The maximum absolute atomic E-state index is 14.0. The smallest absolute Gasteiger partial charge is 0.417 e. The van der Waals surface area contributed by atoms with Crippen molar-refractivity contribution in [3.8, 4) is 34.6 Å². The second kappa shape index (κ2) is 10.4. The molecule has 8 nitrogen and oxygen atoms in total. The van der Waals surface area contributed by atoms with E-state index in [1.165, 1.54) is 6.07 Å². The Kier molecular flexibility index (Phi) is 7.24. The molecule has 3 aromatic rings. The molecule has 0 radical (unpaired) electrons. The Bertz CT molecular complexity index is 1550. The Morgan fingerprint density at radius 2 is 1.93 bits per heavy atom. The Hall–Kier alpha value is -4.04. The second-order valence-corrected chi connectivity index (χ2v) is 11.1. The van der Waals surface area contributed by atoms with Gasteiger partial charge in [0.15, 0.2) is 17.2 Å². The number of hydrogen-bond donors (Lipinski definition) is 0. The van der Waals surface area contributed by atoms with Crippen molar-refractivity contribution in [1.29, 1.82) is 5.26 Å². The van der Waals surface area contributed by atoms with Crippen LogP contribution in [0, 0.1) is 11.3 Å². The minimum atomic E-state index is -4.75. The molecule has 0 spiro atoms. The Balaban J connectivity index is 1.77. The molecular formula is C30H31F3N4O4. The maximum Gasteiger partial charge on any atom is 0.417 e. The van der Waals surface area contributed by atoms with Crippen LogP contribution in [0.15, 0.2) is 30.3 Å². The van der Waals surface area contributed by atoms with Crippen molar-refractivity contribution in [3.05, 3.63) is 58.4 Å². The van der Waals surface area contributed by atoms with E-state index in [-0.39, 0.29) is 29.1 Å². The van der Waals surface area contributed by atoms with E-state index in [2.05, 4.69) is 0 Å². The highest BCUT2D eigenvalue weighted by Gasteiger charge is 2.39. The molecule has 1 aromatic heterocycles. The van der Waals surface area contributed by atoms with Crippen LogP contribution in [0.4, 0.5) is 13.2 Å². The Labute approximate surface area is 236 Å². The summed E-state index contributed by atoms with van der Waals surface area (Å²) in [5.74, 6) is 0.859. The zero-order chi connectivity index (χ0) is 29.7. The summed E-state index contributed by atoms with van der Waals surface area (Å²) in [5.41, 5.74) is 0.277. The predicted octanol–water partition coefficient (Wildman–Crippen LogP) is 5.58. The Morgan fingerprint density at radius 3 is 2.56 bits per heavy atom. The van der Waals surface area contributed by atoms with Crippen LogP contribution in [0.1, 0.15) is 60.6 Å².